The van der Waals surface area contributed by atoms with E-state index in [0.29, 0.717) is 6.54 Å². The largest absolute Gasteiger partial charge is 0.355 e. The van der Waals surface area contributed by atoms with Gasteiger partial charge in [0.1, 0.15) is 0 Å². The van der Waals surface area contributed by atoms with Gasteiger partial charge in [0, 0.05) is 16.7 Å². The van der Waals surface area contributed by atoms with Crippen LogP contribution in [0, 0.1) is 6.92 Å². The van der Waals surface area contributed by atoms with Gasteiger partial charge in [-0.3, -0.25) is 14.4 Å². The van der Waals surface area contributed by atoms with Crippen molar-refractivity contribution < 1.29 is 19.3 Å². The minimum absolute atomic E-state index is 0.0514. The van der Waals surface area contributed by atoms with Crippen LogP contribution in [0.15, 0.2) is 22.7 Å². The van der Waals surface area contributed by atoms with E-state index in [1.54, 1.807) is 7.05 Å². The summed E-state index contributed by atoms with van der Waals surface area (Å²) in [4.78, 5) is 35.8. The van der Waals surface area contributed by atoms with Crippen LogP contribution < -0.4 is 20.9 Å². The second-order valence-electron chi connectivity index (χ2n) is 5.55. The quantitative estimate of drug-likeness (QED) is 0.473. The molecule has 7 nitrogen and oxygen atoms in total. The summed E-state index contributed by atoms with van der Waals surface area (Å²) in [5.41, 5.74) is 1.70. The molecule has 0 aliphatic heterocycles. The van der Waals surface area contributed by atoms with Crippen molar-refractivity contribution >= 4 is 39.3 Å². The summed E-state index contributed by atoms with van der Waals surface area (Å²) in [6, 6.07) is 5.60. The molecule has 0 heterocycles. The third-order valence-electron chi connectivity index (χ3n) is 3.21. The van der Waals surface area contributed by atoms with E-state index in [9.17, 15) is 14.4 Å². The maximum atomic E-state index is 12.1. The van der Waals surface area contributed by atoms with Gasteiger partial charge in [-0.05, 0) is 37.6 Å². The first kappa shape index (κ1) is 20.1. The fourth-order valence-electron chi connectivity index (χ4n) is 2.07. The third-order valence-corrected chi connectivity index (χ3v) is 3.70. The first-order chi connectivity index (χ1) is 11.3. The molecule has 0 bridgehead atoms. The van der Waals surface area contributed by atoms with Crippen molar-refractivity contribution in [2.75, 3.05) is 38.5 Å². The Morgan fingerprint density at radius 2 is 1.75 bits per heavy atom. The molecule has 0 saturated carbocycles. The SMILES string of the molecule is CCNC(=O)CNC(=O)C[NH+](C)CC(=O)Nc1ccc(Br)cc1C. The number of nitrogens with one attached hydrogen (secondary N) is 4. The Labute approximate surface area is 150 Å². The lowest BCUT2D eigenvalue weighted by atomic mass is 10.2. The summed E-state index contributed by atoms with van der Waals surface area (Å²) in [6.07, 6.45) is 0. The van der Waals surface area contributed by atoms with Gasteiger partial charge in [-0.2, -0.15) is 0 Å². The molecule has 0 aromatic heterocycles. The van der Waals surface area contributed by atoms with Gasteiger partial charge in [-0.1, -0.05) is 15.9 Å². The second kappa shape index (κ2) is 10.0. The number of aryl methyl sites for hydroxylation is 1. The van der Waals surface area contributed by atoms with Gasteiger partial charge in [-0.25, -0.2) is 0 Å². The predicted octanol–water partition coefficient (Wildman–Crippen LogP) is -0.537. The van der Waals surface area contributed by atoms with Gasteiger partial charge < -0.3 is 20.9 Å². The lowest BCUT2D eigenvalue weighted by Gasteiger charge is -2.14. The zero-order chi connectivity index (χ0) is 18.1. The number of rotatable bonds is 8. The van der Waals surface area contributed by atoms with Crippen LogP contribution in [0.5, 0.6) is 0 Å². The molecule has 1 aromatic rings. The molecular formula is C16H24BrN4O3+. The molecule has 0 radical (unpaired) electrons. The summed E-state index contributed by atoms with van der Waals surface area (Å²) < 4.78 is 0.949. The van der Waals surface area contributed by atoms with Gasteiger partial charge in [-0.15, -0.1) is 0 Å². The molecule has 0 saturated heterocycles. The molecule has 0 aliphatic rings. The van der Waals surface area contributed by atoms with Crippen molar-refractivity contribution in [3.05, 3.63) is 28.2 Å². The lowest BCUT2D eigenvalue weighted by Crippen LogP contribution is -3.11. The third kappa shape index (κ3) is 7.56. The van der Waals surface area contributed by atoms with Crippen LogP contribution in [0.3, 0.4) is 0 Å². The van der Waals surface area contributed by atoms with Crippen LogP contribution in [0.2, 0.25) is 0 Å². The molecule has 0 spiro atoms. The summed E-state index contributed by atoms with van der Waals surface area (Å²) in [7, 11) is 1.75. The Morgan fingerprint density at radius 1 is 1.08 bits per heavy atom. The van der Waals surface area contributed by atoms with E-state index in [2.05, 4.69) is 31.9 Å². The van der Waals surface area contributed by atoms with Crippen molar-refractivity contribution in [1.82, 2.24) is 10.6 Å². The number of carbonyl (C=O) groups is 3. The molecule has 8 heteroatoms. The average molecular weight is 400 g/mol. The number of hydrogen-bond donors (Lipinski definition) is 4. The zero-order valence-electron chi connectivity index (χ0n) is 14.2. The van der Waals surface area contributed by atoms with E-state index >= 15 is 0 Å². The molecule has 0 fully saturated rings. The fraction of sp³-hybridized carbons (Fsp3) is 0.438. The number of likely N-dealkylation sites (N-methyl/N-ethyl adjacent to an activating group) is 2. The number of quaternary nitrogens is 1. The van der Waals surface area contributed by atoms with Crippen molar-refractivity contribution in [1.29, 1.82) is 0 Å². The number of anilines is 1. The van der Waals surface area contributed by atoms with Gasteiger partial charge >= 0.3 is 0 Å². The van der Waals surface area contributed by atoms with Crippen LogP contribution >= 0.6 is 15.9 Å². The Bertz CT molecular complexity index is 607. The standard InChI is InChI=1S/C16H23BrN4O3/c1-4-18-14(22)8-19-15(23)9-21(3)10-16(24)20-13-6-5-12(17)7-11(13)2/h5-7H,4,8-10H2,1-3H3,(H,18,22)(H,19,23)(H,20,24)/p+1. The molecule has 4 N–H and O–H groups in total. The molecule has 1 rings (SSSR count). The maximum Gasteiger partial charge on any atom is 0.279 e. The second-order valence-corrected chi connectivity index (χ2v) is 6.46. The molecule has 0 aliphatic carbocycles. The number of benzene rings is 1. The molecule has 1 aromatic carbocycles. The van der Waals surface area contributed by atoms with Crippen LogP contribution in [-0.4, -0.2) is 50.9 Å². The smallest absolute Gasteiger partial charge is 0.279 e. The molecular weight excluding hydrogens is 376 g/mol. The van der Waals surface area contributed by atoms with Gasteiger partial charge in [0.15, 0.2) is 13.1 Å². The lowest BCUT2D eigenvalue weighted by molar-refractivity contribution is -0.862. The highest BCUT2D eigenvalue weighted by Crippen LogP contribution is 2.19. The van der Waals surface area contributed by atoms with E-state index in [0.717, 1.165) is 20.6 Å². The van der Waals surface area contributed by atoms with Gasteiger partial charge in [0.2, 0.25) is 5.91 Å². The number of amides is 3. The number of carbonyl (C=O) groups excluding carboxylic acids is 3. The van der Waals surface area contributed by atoms with E-state index in [1.165, 1.54) is 0 Å². The van der Waals surface area contributed by atoms with Crippen molar-refractivity contribution in [3.8, 4) is 0 Å². The predicted molar refractivity (Wildman–Crippen MR) is 95.8 cm³/mol. The normalized spacial score (nSPS) is 11.5. The summed E-state index contributed by atoms with van der Waals surface area (Å²) >= 11 is 3.37. The summed E-state index contributed by atoms with van der Waals surface area (Å²) in [5, 5.41) is 7.95. The molecule has 1 unspecified atom stereocenters. The minimum Gasteiger partial charge on any atom is -0.355 e. The molecule has 132 valence electrons. The van der Waals surface area contributed by atoms with Crippen LogP contribution in [-0.2, 0) is 14.4 Å². The summed E-state index contributed by atoms with van der Waals surface area (Å²) in [6.45, 7) is 4.46. The number of hydrogen-bond acceptors (Lipinski definition) is 3. The topological polar surface area (TPSA) is 91.7 Å². The monoisotopic (exact) mass is 399 g/mol. The van der Waals surface area contributed by atoms with E-state index < -0.39 is 0 Å². The molecule has 3 amide bonds. The highest BCUT2D eigenvalue weighted by Gasteiger charge is 2.15. The molecule has 1 atom stereocenters. The highest BCUT2D eigenvalue weighted by atomic mass is 79.9. The van der Waals surface area contributed by atoms with Crippen molar-refractivity contribution in [2.24, 2.45) is 0 Å². The van der Waals surface area contributed by atoms with Crippen molar-refractivity contribution in [2.45, 2.75) is 13.8 Å². The van der Waals surface area contributed by atoms with Crippen LogP contribution in [0.4, 0.5) is 5.69 Å². The Balaban J connectivity index is 2.38. The Hall–Kier alpha value is -1.93. The minimum atomic E-state index is -0.272. The van der Waals surface area contributed by atoms with Gasteiger partial charge in [0.05, 0.1) is 13.6 Å². The number of halogens is 1. The zero-order valence-corrected chi connectivity index (χ0v) is 15.7. The van der Waals surface area contributed by atoms with Crippen molar-refractivity contribution in [3.63, 3.8) is 0 Å². The van der Waals surface area contributed by atoms with Crippen LogP contribution in [0.1, 0.15) is 12.5 Å². The highest BCUT2D eigenvalue weighted by molar-refractivity contribution is 9.10. The van der Waals surface area contributed by atoms with Crippen LogP contribution in [0.25, 0.3) is 0 Å². The van der Waals surface area contributed by atoms with E-state index in [1.807, 2.05) is 32.0 Å². The van der Waals surface area contributed by atoms with E-state index in [-0.39, 0.29) is 37.4 Å². The molecule has 24 heavy (non-hydrogen) atoms. The fourth-order valence-corrected chi connectivity index (χ4v) is 2.55. The first-order valence-corrected chi connectivity index (χ1v) is 8.51. The first-order valence-electron chi connectivity index (χ1n) is 7.72. The van der Waals surface area contributed by atoms with Gasteiger partial charge in [0.25, 0.3) is 11.8 Å². The summed E-state index contributed by atoms with van der Waals surface area (Å²) in [5.74, 6) is -0.673. The average Bonchev–Trinajstić information content (AvgIpc) is 2.48. The Morgan fingerprint density at radius 3 is 2.38 bits per heavy atom. The van der Waals surface area contributed by atoms with E-state index in [4.69, 9.17) is 0 Å². The Kier molecular flexibility index (Phi) is 8.42. The maximum absolute atomic E-state index is 12.1.